The van der Waals surface area contributed by atoms with Crippen molar-refractivity contribution in [2.75, 3.05) is 5.73 Å². The van der Waals surface area contributed by atoms with Crippen molar-refractivity contribution in [2.24, 2.45) is 0 Å². The molecule has 0 radical (unpaired) electrons. The molecule has 1 saturated carbocycles. The molecule has 2 rings (SSSR count). The maximum Gasteiger partial charge on any atom is 0.157 e. The van der Waals surface area contributed by atoms with Crippen LogP contribution >= 0.6 is 0 Å². The monoisotopic (exact) mass is 267 g/mol. The molecule has 0 aliphatic heterocycles. The van der Waals surface area contributed by atoms with E-state index in [4.69, 9.17) is 5.73 Å². The summed E-state index contributed by atoms with van der Waals surface area (Å²) in [7, 11) is -3.03. The second-order valence-corrected chi connectivity index (χ2v) is 7.48. The fourth-order valence-corrected chi connectivity index (χ4v) is 4.65. The van der Waals surface area contributed by atoms with E-state index in [1.807, 2.05) is 25.1 Å². The molecule has 1 aliphatic carbocycles. The van der Waals surface area contributed by atoms with Gasteiger partial charge in [-0.15, -0.1) is 0 Å². The highest BCUT2D eigenvalue weighted by Gasteiger charge is 2.27. The summed E-state index contributed by atoms with van der Waals surface area (Å²) < 4.78 is 24.8. The van der Waals surface area contributed by atoms with Gasteiger partial charge in [0.25, 0.3) is 0 Å². The fourth-order valence-electron chi connectivity index (χ4n) is 2.62. The molecule has 0 heterocycles. The molecule has 3 nitrogen and oxygen atoms in total. The molecule has 0 saturated heterocycles. The van der Waals surface area contributed by atoms with Crippen LogP contribution in [0, 0.1) is 6.92 Å². The smallest absolute Gasteiger partial charge is 0.157 e. The molecule has 1 aromatic carbocycles. The minimum atomic E-state index is -3.03. The highest BCUT2D eigenvalue weighted by atomic mass is 32.2. The van der Waals surface area contributed by atoms with Gasteiger partial charge in [-0.2, -0.15) is 0 Å². The second kappa shape index (κ2) is 5.31. The molecular weight excluding hydrogens is 246 g/mol. The first-order valence-electron chi connectivity index (χ1n) is 6.56. The molecule has 100 valence electrons. The Morgan fingerprint density at radius 2 is 1.89 bits per heavy atom. The molecule has 18 heavy (non-hydrogen) atoms. The van der Waals surface area contributed by atoms with Crippen molar-refractivity contribution in [3.63, 3.8) is 0 Å². The average molecular weight is 267 g/mol. The number of nitrogens with two attached hydrogens (primary N) is 1. The third-order valence-electron chi connectivity index (χ3n) is 3.90. The highest BCUT2D eigenvalue weighted by Crippen LogP contribution is 2.27. The van der Waals surface area contributed by atoms with E-state index in [1.54, 1.807) is 0 Å². The van der Waals surface area contributed by atoms with Gasteiger partial charge >= 0.3 is 0 Å². The third-order valence-corrected chi connectivity index (χ3v) is 6.11. The van der Waals surface area contributed by atoms with Gasteiger partial charge in [0.15, 0.2) is 9.84 Å². The Balaban J connectivity index is 2.19. The first-order chi connectivity index (χ1) is 8.50. The Labute approximate surface area is 109 Å². The molecule has 0 aromatic heterocycles. The summed E-state index contributed by atoms with van der Waals surface area (Å²) in [6.07, 6.45) is 4.90. The molecule has 4 heteroatoms. The Hall–Kier alpha value is -1.03. The molecule has 1 fully saturated rings. The van der Waals surface area contributed by atoms with Crippen molar-refractivity contribution in [3.05, 3.63) is 29.3 Å². The van der Waals surface area contributed by atoms with Crippen LogP contribution < -0.4 is 5.73 Å². The van der Waals surface area contributed by atoms with Crippen LogP contribution in [0.25, 0.3) is 0 Å². The van der Waals surface area contributed by atoms with Crippen molar-refractivity contribution in [1.29, 1.82) is 0 Å². The summed E-state index contributed by atoms with van der Waals surface area (Å²) in [5, 5.41) is -0.146. The van der Waals surface area contributed by atoms with Gasteiger partial charge in [-0.05, 0) is 37.0 Å². The number of rotatable bonds is 3. The number of hydrogen-bond acceptors (Lipinski definition) is 3. The highest BCUT2D eigenvalue weighted by molar-refractivity contribution is 7.91. The van der Waals surface area contributed by atoms with Crippen molar-refractivity contribution < 1.29 is 8.42 Å². The van der Waals surface area contributed by atoms with Crippen LogP contribution in [0.3, 0.4) is 0 Å². The summed E-state index contributed by atoms with van der Waals surface area (Å²) in [5.74, 6) is 0.133. The van der Waals surface area contributed by atoms with E-state index >= 15 is 0 Å². The fraction of sp³-hybridized carbons (Fsp3) is 0.571. The van der Waals surface area contributed by atoms with Crippen LogP contribution in [0.5, 0.6) is 0 Å². The summed E-state index contributed by atoms with van der Waals surface area (Å²) in [6, 6.07) is 5.51. The molecule has 0 atom stereocenters. The van der Waals surface area contributed by atoms with E-state index in [9.17, 15) is 8.42 Å². The lowest BCUT2D eigenvalue weighted by Gasteiger charge is -2.22. The van der Waals surface area contributed by atoms with Crippen LogP contribution in [-0.4, -0.2) is 13.7 Å². The Morgan fingerprint density at radius 3 is 2.56 bits per heavy atom. The van der Waals surface area contributed by atoms with E-state index in [-0.39, 0.29) is 11.0 Å². The minimum Gasteiger partial charge on any atom is -0.399 e. The Kier molecular flexibility index (Phi) is 3.95. The number of anilines is 1. The molecular formula is C14H21NO2S. The lowest BCUT2D eigenvalue weighted by Crippen LogP contribution is -2.25. The van der Waals surface area contributed by atoms with Gasteiger partial charge in [-0.3, -0.25) is 0 Å². The summed E-state index contributed by atoms with van der Waals surface area (Å²) in [4.78, 5) is 0. The topological polar surface area (TPSA) is 60.2 Å². The standard InChI is InChI=1S/C14H21NO2S/c1-11-12(6-5-9-14(11)15)10-18(16,17)13-7-3-2-4-8-13/h5-6,9,13H,2-4,7-8,10,15H2,1H3. The lowest BCUT2D eigenvalue weighted by molar-refractivity contribution is 0.483. The first kappa shape index (κ1) is 13.4. The second-order valence-electron chi connectivity index (χ2n) is 5.20. The van der Waals surface area contributed by atoms with Gasteiger partial charge in [-0.1, -0.05) is 31.4 Å². The zero-order chi connectivity index (χ0) is 13.2. The predicted octanol–water partition coefficient (Wildman–Crippen LogP) is 2.82. The van der Waals surface area contributed by atoms with Crippen LogP contribution in [0.1, 0.15) is 43.2 Å². The number of nitrogen functional groups attached to an aromatic ring is 1. The van der Waals surface area contributed by atoms with Gasteiger partial charge in [-0.25, -0.2) is 8.42 Å². The average Bonchev–Trinajstić information content (AvgIpc) is 2.36. The zero-order valence-electron chi connectivity index (χ0n) is 10.9. The zero-order valence-corrected chi connectivity index (χ0v) is 11.7. The van der Waals surface area contributed by atoms with E-state index in [1.165, 1.54) is 6.42 Å². The third kappa shape index (κ3) is 2.86. The summed E-state index contributed by atoms with van der Waals surface area (Å²) in [6.45, 7) is 1.89. The maximum absolute atomic E-state index is 12.4. The largest absolute Gasteiger partial charge is 0.399 e. The molecule has 0 amide bonds. The molecule has 0 unspecified atom stereocenters. The van der Waals surface area contributed by atoms with Gasteiger partial charge in [0.05, 0.1) is 11.0 Å². The van der Waals surface area contributed by atoms with Crippen molar-refractivity contribution in [2.45, 2.75) is 50.0 Å². The molecule has 0 bridgehead atoms. The number of sulfone groups is 1. The molecule has 0 spiro atoms. The molecule has 1 aromatic rings. The predicted molar refractivity (Wildman–Crippen MR) is 75.1 cm³/mol. The van der Waals surface area contributed by atoms with Crippen LogP contribution in [0.4, 0.5) is 5.69 Å². The van der Waals surface area contributed by atoms with Crippen LogP contribution in [-0.2, 0) is 15.6 Å². The first-order valence-corrected chi connectivity index (χ1v) is 8.28. The Bertz CT molecular complexity index is 517. The van der Waals surface area contributed by atoms with E-state index in [0.717, 1.165) is 36.8 Å². The maximum atomic E-state index is 12.4. The van der Waals surface area contributed by atoms with Gasteiger partial charge in [0.2, 0.25) is 0 Å². The number of benzene rings is 1. The van der Waals surface area contributed by atoms with Crippen molar-refractivity contribution in [1.82, 2.24) is 0 Å². The minimum absolute atomic E-state index is 0.133. The van der Waals surface area contributed by atoms with E-state index < -0.39 is 9.84 Å². The van der Waals surface area contributed by atoms with E-state index in [2.05, 4.69) is 0 Å². The SMILES string of the molecule is Cc1c(N)cccc1CS(=O)(=O)C1CCCCC1. The summed E-state index contributed by atoms with van der Waals surface area (Å²) >= 11 is 0. The quantitative estimate of drug-likeness (QED) is 0.857. The van der Waals surface area contributed by atoms with Gasteiger partial charge in [0.1, 0.15) is 0 Å². The van der Waals surface area contributed by atoms with Crippen LogP contribution in [0.2, 0.25) is 0 Å². The lowest BCUT2D eigenvalue weighted by atomic mass is 10.0. The molecule has 1 aliphatic rings. The van der Waals surface area contributed by atoms with Crippen molar-refractivity contribution in [3.8, 4) is 0 Å². The van der Waals surface area contributed by atoms with Gasteiger partial charge < -0.3 is 5.73 Å². The van der Waals surface area contributed by atoms with Crippen molar-refractivity contribution >= 4 is 15.5 Å². The van der Waals surface area contributed by atoms with Crippen LogP contribution in [0.15, 0.2) is 18.2 Å². The summed E-state index contributed by atoms with van der Waals surface area (Å²) in [5.41, 5.74) is 8.24. The number of hydrogen-bond donors (Lipinski definition) is 1. The molecule has 2 N–H and O–H groups in total. The van der Waals surface area contributed by atoms with E-state index in [0.29, 0.717) is 5.69 Å². The Morgan fingerprint density at radius 1 is 1.22 bits per heavy atom. The van der Waals surface area contributed by atoms with Gasteiger partial charge in [0, 0.05) is 5.69 Å². The normalized spacial score (nSPS) is 17.8.